The minimum absolute atomic E-state index is 0.0945. The van der Waals surface area contributed by atoms with Crippen molar-refractivity contribution in [1.29, 1.82) is 0 Å². The molecule has 13 heavy (non-hydrogen) atoms. The van der Waals surface area contributed by atoms with Crippen LogP contribution in [0, 0.1) is 5.41 Å². The molecule has 0 aromatic carbocycles. The molecule has 0 aliphatic rings. The fourth-order valence-corrected chi connectivity index (χ4v) is 0.917. The van der Waals surface area contributed by atoms with E-state index in [0.29, 0.717) is 12.2 Å². The third kappa shape index (κ3) is 5.28. The van der Waals surface area contributed by atoms with Crippen LogP contribution in [0.1, 0.15) is 33.6 Å². The van der Waals surface area contributed by atoms with Crippen LogP contribution in [0.5, 0.6) is 0 Å². The van der Waals surface area contributed by atoms with Gasteiger partial charge < -0.3 is 9.84 Å². The smallest absolute Gasteiger partial charge is 0.331 e. The molecular weight excluding hydrogens is 168 g/mol. The first-order valence-electron chi connectivity index (χ1n) is 4.39. The standard InChI is InChI=1S/C10H18O3/c1-5-10(2,3)7-8(13-4)6-9(11)12/h6H,5,7H2,1-4H3,(H,11,12). The molecule has 0 aliphatic heterocycles. The second-order valence-electron chi connectivity index (χ2n) is 3.85. The Balaban J connectivity index is 4.37. The molecule has 0 spiro atoms. The third-order valence-electron chi connectivity index (χ3n) is 2.16. The maximum absolute atomic E-state index is 10.4. The molecular formula is C10H18O3. The molecule has 0 atom stereocenters. The highest BCUT2D eigenvalue weighted by molar-refractivity contribution is 5.80. The summed E-state index contributed by atoms with van der Waals surface area (Å²) in [5.41, 5.74) is 0.0945. The lowest BCUT2D eigenvalue weighted by molar-refractivity contribution is -0.131. The van der Waals surface area contributed by atoms with Gasteiger partial charge in [0.1, 0.15) is 5.76 Å². The van der Waals surface area contributed by atoms with Crippen LogP contribution in [0.15, 0.2) is 11.8 Å². The number of allylic oxidation sites excluding steroid dienone is 1. The van der Waals surface area contributed by atoms with Gasteiger partial charge in [0.15, 0.2) is 0 Å². The van der Waals surface area contributed by atoms with Crippen molar-refractivity contribution in [3.05, 3.63) is 11.8 Å². The number of carboxylic acid groups (broad SMARTS) is 1. The fourth-order valence-electron chi connectivity index (χ4n) is 0.917. The summed E-state index contributed by atoms with van der Waals surface area (Å²) in [7, 11) is 1.50. The SMILES string of the molecule is CCC(C)(C)CC(=CC(=O)O)OC. The molecule has 0 aliphatic carbocycles. The van der Waals surface area contributed by atoms with Crippen LogP contribution >= 0.6 is 0 Å². The van der Waals surface area contributed by atoms with Crippen LogP contribution in [0.2, 0.25) is 0 Å². The van der Waals surface area contributed by atoms with Gasteiger partial charge in [0.25, 0.3) is 0 Å². The summed E-state index contributed by atoms with van der Waals surface area (Å²) in [6.07, 6.45) is 2.77. The summed E-state index contributed by atoms with van der Waals surface area (Å²) in [6.45, 7) is 6.25. The number of ether oxygens (including phenoxy) is 1. The van der Waals surface area contributed by atoms with Crippen LogP contribution in [0.25, 0.3) is 0 Å². The third-order valence-corrected chi connectivity index (χ3v) is 2.16. The van der Waals surface area contributed by atoms with E-state index in [2.05, 4.69) is 20.8 Å². The Morgan fingerprint density at radius 3 is 2.38 bits per heavy atom. The second-order valence-corrected chi connectivity index (χ2v) is 3.85. The van der Waals surface area contributed by atoms with Crippen LogP contribution in [-0.2, 0) is 9.53 Å². The van der Waals surface area contributed by atoms with Crippen molar-refractivity contribution in [2.75, 3.05) is 7.11 Å². The molecule has 76 valence electrons. The van der Waals surface area contributed by atoms with Gasteiger partial charge in [-0.3, -0.25) is 0 Å². The van der Waals surface area contributed by atoms with Gasteiger partial charge in [0.05, 0.1) is 13.2 Å². The van der Waals surface area contributed by atoms with Crippen LogP contribution in [0.3, 0.4) is 0 Å². The average Bonchev–Trinajstić information content (AvgIpc) is 2.02. The lowest BCUT2D eigenvalue weighted by Gasteiger charge is -2.23. The summed E-state index contributed by atoms with van der Waals surface area (Å²) in [6, 6.07) is 0. The first-order valence-corrected chi connectivity index (χ1v) is 4.39. The molecule has 0 aromatic heterocycles. The lowest BCUT2D eigenvalue weighted by atomic mass is 9.85. The van der Waals surface area contributed by atoms with Crippen LogP contribution in [0.4, 0.5) is 0 Å². The topological polar surface area (TPSA) is 46.5 Å². The molecule has 0 fully saturated rings. The molecule has 0 saturated carbocycles. The van der Waals surface area contributed by atoms with Gasteiger partial charge in [-0.1, -0.05) is 27.2 Å². The largest absolute Gasteiger partial charge is 0.501 e. The number of methoxy groups -OCH3 is 1. The van der Waals surface area contributed by atoms with Crippen molar-refractivity contribution in [2.45, 2.75) is 33.6 Å². The maximum Gasteiger partial charge on any atom is 0.331 e. The van der Waals surface area contributed by atoms with Crippen molar-refractivity contribution in [2.24, 2.45) is 5.41 Å². The molecule has 0 aromatic rings. The van der Waals surface area contributed by atoms with Gasteiger partial charge in [0, 0.05) is 6.42 Å². The van der Waals surface area contributed by atoms with E-state index in [1.165, 1.54) is 7.11 Å². The molecule has 0 heterocycles. The summed E-state index contributed by atoms with van der Waals surface area (Å²) in [5.74, 6) is -0.428. The van der Waals surface area contributed by atoms with E-state index < -0.39 is 5.97 Å². The lowest BCUT2D eigenvalue weighted by Crippen LogP contribution is -2.12. The Morgan fingerprint density at radius 2 is 2.08 bits per heavy atom. The zero-order valence-electron chi connectivity index (χ0n) is 8.76. The van der Waals surface area contributed by atoms with E-state index in [-0.39, 0.29) is 5.41 Å². The molecule has 1 N–H and O–H groups in total. The van der Waals surface area contributed by atoms with Gasteiger partial charge >= 0.3 is 5.97 Å². The number of rotatable bonds is 5. The Hall–Kier alpha value is -0.990. The van der Waals surface area contributed by atoms with Gasteiger partial charge in [-0.25, -0.2) is 4.79 Å². The predicted octanol–water partition coefficient (Wildman–Crippen LogP) is 2.43. The molecule has 0 unspecified atom stereocenters. The molecule has 3 heteroatoms. The highest BCUT2D eigenvalue weighted by Crippen LogP contribution is 2.28. The first-order chi connectivity index (χ1) is 5.91. The summed E-state index contributed by atoms with van der Waals surface area (Å²) in [4.78, 5) is 10.4. The van der Waals surface area contributed by atoms with Gasteiger partial charge in [0.2, 0.25) is 0 Å². The molecule has 0 saturated heterocycles. The molecule has 3 nitrogen and oxygen atoms in total. The monoisotopic (exact) mass is 186 g/mol. The second kappa shape index (κ2) is 4.90. The van der Waals surface area contributed by atoms with Crippen LogP contribution < -0.4 is 0 Å². The maximum atomic E-state index is 10.4. The normalized spacial score (nSPS) is 12.8. The number of carbonyl (C=O) groups is 1. The first kappa shape index (κ1) is 12.0. The van der Waals surface area contributed by atoms with E-state index in [0.717, 1.165) is 12.5 Å². The van der Waals surface area contributed by atoms with Crippen LogP contribution in [-0.4, -0.2) is 18.2 Å². The highest BCUT2D eigenvalue weighted by Gasteiger charge is 2.18. The van der Waals surface area contributed by atoms with Crippen molar-refractivity contribution < 1.29 is 14.6 Å². The summed E-state index contributed by atoms with van der Waals surface area (Å²) in [5, 5.41) is 8.53. The Bertz CT molecular complexity index is 204. The van der Waals surface area contributed by atoms with E-state index in [1.54, 1.807) is 0 Å². The number of hydrogen-bond donors (Lipinski definition) is 1. The minimum atomic E-state index is -0.955. The van der Waals surface area contributed by atoms with Crippen molar-refractivity contribution >= 4 is 5.97 Å². The number of hydrogen-bond acceptors (Lipinski definition) is 2. The molecule has 0 amide bonds. The van der Waals surface area contributed by atoms with Gasteiger partial charge in [-0.15, -0.1) is 0 Å². The summed E-state index contributed by atoms with van der Waals surface area (Å²) >= 11 is 0. The minimum Gasteiger partial charge on any atom is -0.501 e. The molecule has 0 rings (SSSR count). The van der Waals surface area contributed by atoms with Crippen molar-refractivity contribution in [3.8, 4) is 0 Å². The van der Waals surface area contributed by atoms with E-state index in [4.69, 9.17) is 9.84 Å². The zero-order chi connectivity index (χ0) is 10.5. The highest BCUT2D eigenvalue weighted by atomic mass is 16.5. The Morgan fingerprint density at radius 1 is 1.54 bits per heavy atom. The Kier molecular flexibility index (Phi) is 4.52. The molecule has 0 bridgehead atoms. The predicted molar refractivity (Wildman–Crippen MR) is 51.4 cm³/mol. The Labute approximate surface area is 79.4 Å². The average molecular weight is 186 g/mol. The van der Waals surface area contributed by atoms with Gasteiger partial charge in [-0.2, -0.15) is 0 Å². The number of carboxylic acids is 1. The fraction of sp³-hybridized carbons (Fsp3) is 0.700. The van der Waals surface area contributed by atoms with Crippen molar-refractivity contribution in [3.63, 3.8) is 0 Å². The molecule has 0 radical (unpaired) electrons. The van der Waals surface area contributed by atoms with Crippen molar-refractivity contribution in [1.82, 2.24) is 0 Å². The van der Waals surface area contributed by atoms with E-state index >= 15 is 0 Å². The van der Waals surface area contributed by atoms with E-state index in [9.17, 15) is 4.79 Å². The zero-order valence-corrected chi connectivity index (χ0v) is 8.76. The number of aliphatic carboxylic acids is 1. The van der Waals surface area contributed by atoms with E-state index in [1.807, 2.05) is 0 Å². The quantitative estimate of drug-likeness (QED) is 0.530. The van der Waals surface area contributed by atoms with Gasteiger partial charge in [-0.05, 0) is 5.41 Å². The summed E-state index contributed by atoms with van der Waals surface area (Å²) < 4.78 is 4.98.